The summed E-state index contributed by atoms with van der Waals surface area (Å²) in [6.45, 7) is 4.93. The quantitative estimate of drug-likeness (QED) is 0.903. The van der Waals surface area contributed by atoms with Crippen LogP contribution in [0.5, 0.6) is 5.75 Å². The molecule has 1 aromatic carbocycles. The van der Waals surface area contributed by atoms with Crippen molar-refractivity contribution in [3.05, 3.63) is 42.2 Å². The lowest BCUT2D eigenvalue weighted by atomic mass is 10.2. The van der Waals surface area contributed by atoms with E-state index < -0.39 is 0 Å². The van der Waals surface area contributed by atoms with Crippen LogP contribution in [0, 0.1) is 0 Å². The molecule has 1 fully saturated rings. The fourth-order valence-corrected chi connectivity index (χ4v) is 2.60. The highest BCUT2D eigenvalue weighted by Crippen LogP contribution is 2.20. The lowest BCUT2D eigenvalue weighted by Crippen LogP contribution is -2.43. The Labute approximate surface area is 125 Å². The maximum Gasteiger partial charge on any atom is 0.119 e. The molecule has 0 bridgehead atoms. The molecule has 0 amide bonds. The molecular weight excluding hydrogens is 264 g/mol. The zero-order chi connectivity index (χ0) is 14.5. The van der Waals surface area contributed by atoms with Gasteiger partial charge in [0, 0.05) is 57.2 Å². The Hall–Kier alpha value is -2.01. The molecule has 112 valence electrons. The van der Waals surface area contributed by atoms with Crippen LogP contribution >= 0.6 is 0 Å². The summed E-state index contributed by atoms with van der Waals surface area (Å²) in [7, 11) is 1.96. The Balaban J connectivity index is 1.51. The second kappa shape index (κ2) is 6.63. The van der Waals surface area contributed by atoms with E-state index in [9.17, 15) is 0 Å². The first-order valence-corrected chi connectivity index (χ1v) is 7.48. The minimum absolute atomic E-state index is 0.673. The largest absolute Gasteiger partial charge is 0.493 e. The second-order valence-electron chi connectivity index (χ2n) is 5.28. The molecule has 0 radical (unpaired) electrons. The molecule has 1 aromatic heterocycles. The van der Waals surface area contributed by atoms with Gasteiger partial charge in [-0.1, -0.05) is 0 Å². The summed E-state index contributed by atoms with van der Waals surface area (Å²) in [5.41, 5.74) is 2.46. The first-order chi connectivity index (χ1) is 10.3. The molecule has 0 unspecified atom stereocenters. The maximum atomic E-state index is 5.80. The zero-order valence-electron chi connectivity index (χ0n) is 12.5. The average molecular weight is 286 g/mol. The van der Waals surface area contributed by atoms with E-state index in [4.69, 9.17) is 4.74 Å². The van der Waals surface area contributed by atoms with E-state index in [2.05, 4.69) is 39.6 Å². The molecule has 3 rings (SSSR count). The Morgan fingerprint density at radius 3 is 2.57 bits per heavy atom. The van der Waals surface area contributed by atoms with Gasteiger partial charge in [-0.15, -0.1) is 0 Å². The summed E-state index contributed by atoms with van der Waals surface area (Å²) in [5.74, 6) is 0.927. The lowest BCUT2D eigenvalue weighted by Gasteiger charge is -2.29. The van der Waals surface area contributed by atoms with Gasteiger partial charge in [-0.2, -0.15) is 5.10 Å². The summed E-state index contributed by atoms with van der Waals surface area (Å²) in [4.78, 5) is 2.40. The van der Waals surface area contributed by atoms with Crippen LogP contribution in [0.3, 0.4) is 0 Å². The molecule has 0 spiro atoms. The van der Waals surface area contributed by atoms with Crippen LogP contribution in [0.25, 0.3) is 0 Å². The highest BCUT2D eigenvalue weighted by molar-refractivity contribution is 5.49. The van der Waals surface area contributed by atoms with E-state index in [1.54, 1.807) is 0 Å². The SMILES string of the molecule is Cn1nccc1CCOc1ccc(N2CCNCC2)cc1. The molecule has 0 aliphatic carbocycles. The van der Waals surface area contributed by atoms with Crippen LogP contribution in [-0.2, 0) is 13.5 Å². The Morgan fingerprint density at radius 1 is 1.14 bits per heavy atom. The highest BCUT2D eigenvalue weighted by atomic mass is 16.5. The van der Waals surface area contributed by atoms with Gasteiger partial charge < -0.3 is 15.0 Å². The first kappa shape index (κ1) is 13.9. The van der Waals surface area contributed by atoms with Gasteiger partial charge in [0.2, 0.25) is 0 Å². The number of aromatic nitrogens is 2. The van der Waals surface area contributed by atoms with E-state index in [-0.39, 0.29) is 0 Å². The Bertz CT molecular complexity index is 558. The number of piperazine rings is 1. The number of nitrogens with zero attached hydrogens (tertiary/aromatic N) is 3. The van der Waals surface area contributed by atoms with Crippen molar-refractivity contribution in [3.63, 3.8) is 0 Å². The van der Waals surface area contributed by atoms with Gasteiger partial charge in [0.25, 0.3) is 0 Å². The molecule has 5 nitrogen and oxygen atoms in total. The van der Waals surface area contributed by atoms with Crippen molar-refractivity contribution in [3.8, 4) is 5.75 Å². The third-order valence-corrected chi connectivity index (χ3v) is 3.87. The third kappa shape index (κ3) is 3.55. The van der Waals surface area contributed by atoms with Gasteiger partial charge in [0.05, 0.1) is 6.61 Å². The standard InChI is InChI=1S/C16H22N4O/c1-19-14(6-8-18-19)7-13-21-16-4-2-15(3-5-16)20-11-9-17-10-12-20/h2-6,8,17H,7,9-13H2,1H3. The second-order valence-corrected chi connectivity index (χ2v) is 5.28. The summed E-state index contributed by atoms with van der Waals surface area (Å²) < 4.78 is 7.69. The lowest BCUT2D eigenvalue weighted by molar-refractivity contribution is 0.318. The van der Waals surface area contributed by atoms with Crippen molar-refractivity contribution in [1.82, 2.24) is 15.1 Å². The molecule has 1 aliphatic rings. The van der Waals surface area contributed by atoms with Gasteiger partial charge >= 0.3 is 0 Å². The average Bonchev–Trinajstić information content (AvgIpc) is 2.94. The minimum Gasteiger partial charge on any atom is -0.493 e. The van der Waals surface area contributed by atoms with Gasteiger partial charge in [-0.05, 0) is 30.3 Å². The summed E-state index contributed by atoms with van der Waals surface area (Å²) >= 11 is 0. The number of aryl methyl sites for hydroxylation is 1. The third-order valence-electron chi connectivity index (χ3n) is 3.87. The number of hydrogen-bond donors (Lipinski definition) is 1. The monoisotopic (exact) mass is 286 g/mol. The van der Waals surface area contributed by atoms with Gasteiger partial charge in [-0.25, -0.2) is 0 Å². The van der Waals surface area contributed by atoms with Crippen molar-refractivity contribution in [2.45, 2.75) is 6.42 Å². The van der Waals surface area contributed by atoms with Crippen LogP contribution < -0.4 is 15.0 Å². The van der Waals surface area contributed by atoms with Crippen LogP contribution in [0.4, 0.5) is 5.69 Å². The molecule has 1 aliphatic heterocycles. The van der Waals surface area contributed by atoms with Crippen LogP contribution in [0.1, 0.15) is 5.69 Å². The van der Waals surface area contributed by atoms with Crippen molar-refractivity contribution in [2.24, 2.45) is 7.05 Å². The Kier molecular flexibility index (Phi) is 4.40. The van der Waals surface area contributed by atoms with Gasteiger partial charge in [0.15, 0.2) is 0 Å². The smallest absolute Gasteiger partial charge is 0.119 e. The molecule has 2 aromatic rings. The van der Waals surface area contributed by atoms with Crippen LogP contribution in [0.15, 0.2) is 36.5 Å². The zero-order valence-corrected chi connectivity index (χ0v) is 12.5. The van der Waals surface area contributed by atoms with E-state index in [1.165, 1.54) is 11.4 Å². The first-order valence-electron chi connectivity index (χ1n) is 7.48. The van der Waals surface area contributed by atoms with E-state index in [0.29, 0.717) is 6.61 Å². The van der Waals surface area contributed by atoms with Crippen molar-refractivity contribution in [2.75, 3.05) is 37.7 Å². The number of hydrogen-bond acceptors (Lipinski definition) is 4. The number of anilines is 1. The van der Waals surface area contributed by atoms with Gasteiger partial charge in [0.1, 0.15) is 5.75 Å². The minimum atomic E-state index is 0.673. The number of benzene rings is 1. The van der Waals surface area contributed by atoms with Crippen molar-refractivity contribution >= 4 is 5.69 Å². The molecular formula is C16H22N4O. The Morgan fingerprint density at radius 2 is 1.90 bits per heavy atom. The molecule has 0 atom stereocenters. The molecule has 2 heterocycles. The predicted octanol–water partition coefficient (Wildman–Crippen LogP) is 1.45. The normalized spacial score (nSPS) is 15.2. The topological polar surface area (TPSA) is 42.3 Å². The molecule has 1 saturated heterocycles. The van der Waals surface area contributed by atoms with Crippen LogP contribution in [-0.4, -0.2) is 42.6 Å². The summed E-state index contributed by atoms with van der Waals surface area (Å²) in [6.07, 6.45) is 2.69. The van der Waals surface area contributed by atoms with E-state index in [1.807, 2.05) is 24.0 Å². The maximum absolute atomic E-state index is 5.80. The van der Waals surface area contributed by atoms with E-state index >= 15 is 0 Å². The number of rotatable bonds is 5. The fraction of sp³-hybridized carbons (Fsp3) is 0.438. The molecule has 0 saturated carbocycles. The predicted molar refractivity (Wildman–Crippen MR) is 83.9 cm³/mol. The fourth-order valence-electron chi connectivity index (χ4n) is 2.60. The van der Waals surface area contributed by atoms with Gasteiger partial charge in [-0.3, -0.25) is 4.68 Å². The number of nitrogens with one attached hydrogen (secondary N) is 1. The van der Waals surface area contributed by atoms with E-state index in [0.717, 1.165) is 38.3 Å². The molecule has 21 heavy (non-hydrogen) atoms. The van der Waals surface area contributed by atoms with Crippen LogP contribution in [0.2, 0.25) is 0 Å². The number of ether oxygens (including phenoxy) is 1. The van der Waals surface area contributed by atoms with Crippen molar-refractivity contribution in [1.29, 1.82) is 0 Å². The molecule has 1 N–H and O–H groups in total. The molecule has 5 heteroatoms. The highest BCUT2D eigenvalue weighted by Gasteiger charge is 2.10. The van der Waals surface area contributed by atoms with Crippen molar-refractivity contribution < 1.29 is 4.74 Å². The summed E-state index contributed by atoms with van der Waals surface area (Å²) in [5, 5.41) is 7.52. The summed E-state index contributed by atoms with van der Waals surface area (Å²) in [6, 6.07) is 10.4.